The van der Waals surface area contributed by atoms with E-state index in [0.717, 1.165) is 12.0 Å². The molecule has 25 heavy (non-hydrogen) atoms. The molecule has 0 unspecified atom stereocenters. The van der Waals surface area contributed by atoms with Crippen molar-refractivity contribution in [2.24, 2.45) is 11.8 Å². The molecule has 2 rings (SSSR count). The Morgan fingerprint density at radius 3 is 2.56 bits per heavy atom. The van der Waals surface area contributed by atoms with E-state index in [4.69, 9.17) is 4.74 Å². The summed E-state index contributed by atoms with van der Waals surface area (Å²) in [6, 6.07) is 9.87. The smallest absolute Gasteiger partial charge is 0.306 e. The largest absolute Gasteiger partial charge is 0.460 e. The number of nitrogens with zero attached hydrogens (tertiary/aromatic N) is 1. The Morgan fingerprint density at radius 1 is 1.28 bits per heavy atom. The fourth-order valence-corrected chi connectivity index (χ4v) is 3.37. The molecular weight excluding hydrogens is 318 g/mol. The summed E-state index contributed by atoms with van der Waals surface area (Å²) in [4.78, 5) is 26.8. The van der Waals surface area contributed by atoms with Gasteiger partial charge in [-0.3, -0.25) is 9.59 Å². The molecule has 1 saturated heterocycles. The number of esters is 1. The highest BCUT2D eigenvalue weighted by Gasteiger charge is 2.37. The van der Waals surface area contributed by atoms with Crippen LogP contribution in [0.1, 0.15) is 45.6 Å². The van der Waals surface area contributed by atoms with E-state index in [9.17, 15) is 14.7 Å². The standard InChI is InChI=1S/C20H29NO4/c1-20(2,3)25-18(23)13-16-9-11-21(19(24)17(16)10-12-22)14-15-7-5-4-6-8-15/h4-8,16-17,22H,9-14H2,1-3H3/t16-,17+/m1/s1. The highest BCUT2D eigenvalue weighted by atomic mass is 16.6. The first-order valence-electron chi connectivity index (χ1n) is 8.95. The van der Waals surface area contributed by atoms with Crippen LogP contribution in [0.3, 0.4) is 0 Å². The molecule has 1 aliphatic rings. The fourth-order valence-electron chi connectivity index (χ4n) is 3.37. The Labute approximate surface area is 150 Å². The number of carbonyl (C=O) groups is 2. The van der Waals surface area contributed by atoms with Crippen molar-refractivity contribution in [3.63, 3.8) is 0 Å². The maximum absolute atomic E-state index is 12.9. The van der Waals surface area contributed by atoms with E-state index >= 15 is 0 Å². The SMILES string of the molecule is CC(C)(C)OC(=O)C[C@H]1CCN(Cc2ccccc2)C(=O)[C@H]1CCO. The minimum atomic E-state index is -0.526. The predicted molar refractivity (Wildman–Crippen MR) is 95.6 cm³/mol. The molecule has 1 heterocycles. The highest BCUT2D eigenvalue weighted by Crippen LogP contribution is 2.31. The van der Waals surface area contributed by atoms with Gasteiger partial charge in [0.25, 0.3) is 0 Å². The van der Waals surface area contributed by atoms with Crippen molar-refractivity contribution in [3.8, 4) is 0 Å². The zero-order chi connectivity index (χ0) is 18.4. The van der Waals surface area contributed by atoms with Gasteiger partial charge in [-0.2, -0.15) is 0 Å². The number of ether oxygens (including phenoxy) is 1. The zero-order valence-electron chi connectivity index (χ0n) is 15.4. The van der Waals surface area contributed by atoms with Crippen LogP contribution in [0.2, 0.25) is 0 Å². The van der Waals surface area contributed by atoms with Crippen LogP contribution in [-0.4, -0.2) is 40.6 Å². The second-order valence-corrected chi connectivity index (χ2v) is 7.70. The number of hydrogen-bond acceptors (Lipinski definition) is 4. The van der Waals surface area contributed by atoms with Crippen molar-refractivity contribution in [2.45, 2.75) is 52.2 Å². The Morgan fingerprint density at radius 2 is 1.96 bits per heavy atom. The summed E-state index contributed by atoms with van der Waals surface area (Å²) in [5.74, 6) is -0.640. The molecule has 0 radical (unpaired) electrons. The van der Waals surface area contributed by atoms with E-state index in [1.165, 1.54) is 0 Å². The minimum absolute atomic E-state index is 0.0257. The first kappa shape index (κ1) is 19.4. The summed E-state index contributed by atoms with van der Waals surface area (Å²) in [6.07, 6.45) is 1.37. The summed E-state index contributed by atoms with van der Waals surface area (Å²) in [5.41, 5.74) is 0.561. The van der Waals surface area contributed by atoms with E-state index in [1.54, 1.807) is 0 Å². The number of aliphatic hydroxyl groups is 1. The molecule has 5 heteroatoms. The van der Waals surface area contributed by atoms with E-state index in [2.05, 4.69) is 0 Å². The predicted octanol–water partition coefficient (Wildman–Crippen LogP) is 2.77. The van der Waals surface area contributed by atoms with Gasteiger partial charge in [-0.15, -0.1) is 0 Å². The third kappa shape index (κ3) is 5.85. The number of hydrogen-bond donors (Lipinski definition) is 1. The van der Waals surface area contributed by atoms with E-state index in [1.807, 2.05) is 56.0 Å². The summed E-state index contributed by atoms with van der Waals surface area (Å²) in [7, 11) is 0. The van der Waals surface area contributed by atoms with Gasteiger partial charge >= 0.3 is 5.97 Å². The van der Waals surface area contributed by atoms with Crippen LogP contribution in [0.25, 0.3) is 0 Å². The average molecular weight is 347 g/mol. The Kier molecular flexibility index (Phi) is 6.59. The molecule has 1 aromatic rings. The summed E-state index contributed by atoms with van der Waals surface area (Å²) >= 11 is 0. The summed E-state index contributed by atoms with van der Waals surface area (Å²) in [5, 5.41) is 9.36. The molecule has 0 saturated carbocycles. The molecule has 0 aromatic heterocycles. The van der Waals surface area contributed by atoms with E-state index < -0.39 is 5.60 Å². The number of aliphatic hydroxyl groups excluding tert-OH is 1. The van der Waals surface area contributed by atoms with Crippen LogP contribution in [0, 0.1) is 11.8 Å². The van der Waals surface area contributed by atoms with Gasteiger partial charge in [0.2, 0.25) is 5.91 Å². The van der Waals surface area contributed by atoms with Gasteiger partial charge in [0.1, 0.15) is 5.60 Å². The van der Waals surface area contributed by atoms with Gasteiger partial charge in [0, 0.05) is 32.0 Å². The lowest BCUT2D eigenvalue weighted by Crippen LogP contribution is -2.46. The molecule has 0 spiro atoms. The minimum Gasteiger partial charge on any atom is -0.460 e. The lowest BCUT2D eigenvalue weighted by Gasteiger charge is -2.38. The molecule has 1 amide bonds. The molecule has 1 fully saturated rings. The maximum Gasteiger partial charge on any atom is 0.306 e. The van der Waals surface area contributed by atoms with Gasteiger partial charge in [-0.05, 0) is 45.1 Å². The van der Waals surface area contributed by atoms with Gasteiger partial charge in [0.05, 0.1) is 0 Å². The fraction of sp³-hybridized carbons (Fsp3) is 0.600. The van der Waals surface area contributed by atoms with E-state index in [-0.39, 0.29) is 36.7 Å². The lowest BCUT2D eigenvalue weighted by atomic mass is 9.80. The molecule has 0 bridgehead atoms. The van der Waals surface area contributed by atoms with Crippen molar-refractivity contribution in [1.29, 1.82) is 0 Å². The number of carbonyl (C=O) groups excluding carboxylic acids is 2. The van der Waals surface area contributed by atoms with Gasteiger partial charge in [-0.25, -0.2) is 0 Å². The molecule has 1 aliphatic heterocycles. The molecule has 2 atom stereocenters. The molecule has 138 valence electrons. The maximum atomic E-state index is 12.9. The number of piperidine rings is 1. The molecule has 1 N–H and O–H groups in total. The average Bonchev–Trinajstić information content (AvgIpc) is 2.53. The lowest BCUT2D eigenvalue weighted by molar-refractivity contribution is -0.158. The van der Waals surface area contributed by atoms with Crippen LogP contribution in [0.4, 0.5) is 0 Å². The normalized spacial score (nSPS) is 21.3. The number of rotatable bonds is 6. The van der Waals surface area contributed by atoms with Crippen LogP contribution in [0.5, 0.6) is 0 Å². The molecule has 0 aliphatic carbocycles. The molecule has 1 aromatic carbocycles. The van der Waals surface area contributed by atoms with E-state index in [0.29, 0.717) is 19.5 Å². The highest BCUT2D eigenvalue weighted by molar-refractivity contribution is 5.81. The van der Waals surface area contributed by atoms with Crippen molar-refractivity contribution in [1.82, 2.24) is 4.90 Å². The monoisotopic (exact) mass is 347 g/mol. The van der Waals surface area contributed by atoms with Crippen molar-refractivity contribution in [3.05, 3.63) is 35.9 Å². The Balaban J connectivity index is 2.02. The summed E-state index contributed by atoms with van der Waals surface area (Å²) < 4.78 is 5.40. The van der Waals surface area contributed by atoms with Crippen molar-refractivity contribution in [2.75, 3.05) is 13.2 Å². The third-order valence-corrected chi connectivity index (χ3v) is 4.47. The van der Waals surface area contributed by atoms with Gasteiger partial charge < -0.3 is 14.7 Å². The Hall–Kier alpha value is -1.88. The quantitative estimate of drug-likeness (QED) is 0.804. The van der Waals surface area contributed by atoms with Gasteiger partial charge in [-0.1, -0.05) is 30.3 Å². The van der Waals surface area contributed by atoms with Crippen LogP contribution in [0.15, 0.2) is 30.3 Å². The summed E-state index contributed by atoms with van der Waals surface area (Å²) in [6.45, 7) is 6.65. The van der Waals surface area contributed by atoms with Crippen LogP contribution < -0.4 is 0 Å². The number of benzene rings is 1. The molecular formula is C20H29NO4. The number of likely N-dealkylation sites (tertiary alicyclic amines) is 1. The Bertz CT molecular complexity index is 579. The van der Waals surface area contributed by atoms with Crippen LogP contribution >= 0.6 is 0 Å². The van der Waals surface area contributed by atoms with Crippen molar-refractivity contribution < 1.29 is 19.4 Å². The first-order valence-corrected chi connectivity index (χ1v) is 8.95. The third-order valence-electron chi connectivity index (χ3n) is 4.47. The first-order chi connectivity index (χ1) is 11.8. The van der Waals surface area contributed by atoms with Crippen LogP contribution in [-0.2, 0) is 20.9 Å². The number of amides is 1. The second kappa shape index (κ2) is 8.48. The zero-order valence-corrected chi connectivity index (χ0v) is 15.4. The molecule has 5 nitrogen and oxygen atoms in total. The van der Waals surface area contributed by atoms with Gasteiger partial charge in [0.15, 0.2) is 0 Å². The van der Waals surface area contributed by atoms with Crippen molar-refractivity contribution >= 4 is 11.9 Å². The topological polar surface area (TPSA) is 66.8 Å². The second-order valence-electron chi connectivity index (χ2n) is 7.70.